The van der Waals surface area contributed by atoms with Crippen LogP contribution in [0, 0.1) is 0 Å². The van der Waals surface area contributed by atoms with Crippen LogP contribution < -0.4 is 10.1 Å². The highest BCUT2D eigenvalue weighted by Gasteiger charge is 2.35. The topological polar surface area (TPSA) is 139 Å². The molecule has 3 aromatic heterocycles. The molecule has 0 aliphatic carbocycles. The number of likely N-dealkylation sites (tertiary alicyclic amines) is 1. The van der Waals surface area contributed by atoms with Crippen LogP contribution in [-0.4, -0.2) is 77.0 Å². The molecule has 5 rings (SSSR count). The van der Waals surface area contributed by atoms with E-state index in [1.807, 2.05) is 0 Å². The van der Waals surface area contributed by atoms with Gasteiger partial charge in [0.2, 0.25) is 0 Å². The van der Waals surface area contributed by atoms with Gasteiger partial charge in [-0.1, -0.05) is 11.6 Å². The molecule has 4 heterocycles. The number of carbonyl (C=O) groups excluding carboxylic acids is 1. The minimum atomic E-state index is -3.12. The summed E-state index contributed by atoms with van der Waals surface area (Å²) < 4.78 is 39.8. The molecule has 0 saturated carbocycles. The highest BCUT2D eigenvalue weighted by Crippen LogP contribution is 2.39. The summed E-state index contributed by atoms with van der Waals surface area (Å²) in [5.41, 5.74) is 0.461. The van der Waals surface area contributed by atoms with Crippen molar-refractivity contribution >= 4 is 29.0 Å². The summed E-state index contributed by atoms with van der Waals surface area (Å²) >= 11 is 6.23. The second-order valence-corrected chi connectivity index (χ2v) is 11.2. The highest BCUT2D eigenvalue weighted by atomic mass is 35.5. The Bertz CT molecular complexity index is 1570. The minimum absolute atomic E-state index is 0.0626. The Morgan fingerprint density at radius 1 is 1.29 bits per heavy atom. The van der Waals surface area contributed by atoms with Crippen LogP contribution in [0.15, 0.2) is 49.1 Å². The molecule has 0 radical (unpaired) electrons. The van der Waals surface area contributed by atoms with Crippen LogP contribution in [0.1, 0.15) is 45.0 Å². The fourth-order valence-electron chi connectivity index (χ4n) is 4.69. The van der Waals surface area contributed by atoms with Gasteiger partial charge in [-0.15, -0.1) is 0 Å². The smallest absolute Gasteiger partial charge is 0.410 e. The number of amides is 1. The third kappa shape index (κ3) is 6.40. The minimum Gasteiger partial charge on any atom is -0.444 e. The molecular formula is C27H30ClF2N7O5. The number of benzene rings is 1. The van der Waals surface area contributed by atoms with E-state index in [-0.39, 0.29) is 47.2 Å². The lowest BCUT2D eigenvalue weighted by atomic mass is 10.0. The number of aliphatic hydroxyl groups is 2. The van der Waals surface area contributed by atoms with Crippen molar-refractivity contribution in [3.05, 3.63) is 59.6 Å². The quantitative estimate of drug-likeness (QED) is 0.260. The molecule has 42 heavy (non-hydrogen) atoms. The molecule has 0 spiro atoms. The predicted molar refractivity (Wildman–Crippen MR) is 148 cm³/mol. The standard InChI is InChI=1S/C27H30ClF2N7O5/c1-27(2,3)42-26(40)35-10-7-20(38)19(14-35)37-13-18(33-24(39)17-12-32-36-9-4-8-31-23(17)36)22(34-37)16-11-15(28)5-6-21(16)41-25(29)30/h4-6,8-9,11-13,19-20,24-25,33,38-39H,7,10,14H2,1-3H3/t19-,20-,24?/m0/s1. The summed E-state index contributed by atoms with van der Waals surface area (Å²) in [7, 11) is 0. The largest absolute Gasteiger partial charge is 0.444 e. The van der Waals surface area contributed by atoms with Crippen molar-refractivity contribution in [2.24, 2.45) is 0 Å². The number of nitrogens with zero attached hydrogens (tertiary/aromatic N) is 6. The Morgan fingerprint density at radius 3 is 2.81 bits per heavy atom. The Labute approximate surface area is 244 Å². The fourth-order valence-corrected chi connectivity index (χ4v) is 4.86. The summed E-state index contributed by atoms with van der Waals surface area (Å²) in [6, 6.07) is 5.05. The summed E-state index contributed by atoms with van der Waals surface area (Å²) in [6.07, 6.45) is 3.64. The number of alkyl halides is 2. The van der Waals surface area contributed by atoms with Gasteiger partial charge in [0.05, 0.1) is 29.6 Å². The molecule has 3 atom stereocenters. The number of aromatic nitrogens is 5. The van der Waals surface area contributed by atoms with Crippen LogP contribution in [0.3, 0.4) is 0 Å². The van der Waals surface area contributed by atoms with Crippen LogP contribution in [0.2, 0.25) is 5.02 Å². The lowest BCUT2D eigenvalue weighted by molar-refractivity contribution is -0.0494. The van der Waals surface area contributed by atoms with E-state index >= 15 is 0 Å². The number of fused-ring (bicyclic) bond motifs is 1. The van der Waals surface area contributed by atoms with E-state index in [1.165, 1.54) is 44.7 Å². The normalized spacial score (nSPS) is 18.4. The Kier molecular flexibility index (Phi) is 8.21. The average Bonchev–Trinajstić information content (AvgIpc) is 3.53. The van der Waals surface area contributed by atoms with E-state index in [1.54, 1.807) is 39.2 Å². The number of piperidine rings is 1. The molecule has 224 valence electrons. The van der Waals surface area contributed by atoms with Crippen molar-refractivity contribution < 1.29 is 33.3 Å². The van der Waals surface area contributed by atoms with Gasteiger partial charge >= 0.3 is 12.7 Å². The van der Waals surface area contributed by atoms with Gasteiger partial charge in [0.25, 0.3) is 0 Å². The van der Waals surface area contributed by atoms with Crippen molar-refractivity contribution in [3.63, 3.8) is 0 Å². The summed E-state index contributed by atoms with van der Waals surface area (Å²) in [4.78, 5) is 18.5. The number of nitrogens with one attached hydrogen (secondary N) is 1. The highest BCUT2D eigenvalue weighted by molar-refractivity contribution is 6.31. The van der Waals surface area contributed by atoms with E-state index in [4.69, 9.17) is 21.1 Å². The first-order valence-corrected chi connectivity index (χ1v) is 13.5. The van der Waals surface area contributed by atoms with Crippen LogP contribution in [0.5, 0.6) is 5.75 Å². The van der Waals surface area contributed by atoms with Crippen molar-refractivity contribution in [2.45, 2.75) is 57.8 Å². The van der Waals surface area contributed by atoms with Gasteiger partial charge in [-0.2, -0.15) is 19.0 Å². The molecular weight excluding hydrogens is 576 g/mol. The number of rotatable bonds is 7. The number of hydrogen-bond donors (Lipinski definition) is 3. The Hall–Kier alpha value is -4.01. The molecule has 1 aromatic carbocycles. The average molecular weight is 606 g/mol. The van der Waals surface area contributed by atoms with Gasteiger partial charge in [-0.25, -0.2) is 14.3 Å². The van der Waals surface area contributed by atoms with E-state index in [0.717, 1.165) is 0 Å². The Morgan fingerprint density at radius 2 is 2.07 bits per heavy atom. The predicted octanol–water partition coefficient (Wildman–Crippen LogP) is 4.49. The van der Waals surface area contributed by atoms with E-state index < -0.39 is 36.7 Å². The van der Waals surface area contributed by atoms with Crippen molar-refractivity contribution in [1.29, 1.82) is 0 Å². The third-order valence-electron chi connectivity index (χ3n) is 6.58. The first-order chi connectivity index (χ1) is 19.9. The maximum atomic E-state index is 13.3. The van der Waals surface area contributed by atoms with Crippen molar-refractivity contribution in [1.82, 2.24) is 29.3 Å². The van der Waals surface area contributed by atoms with E-state index in [9.17, 15) is 23.8 Å². The molecule has 1 fully saturated rings. The molecule has 1 saturated heterocycles. The number of halogens is 3. The van der Waals surface area contributed by atoms with E-state index in [0.29, 0.717) is 11.2 Å². The lowest BCUT2D eigenvalue weighted by Crippen LogP contribution is -2.48. The summed E-state index contributed by atoms with van der Waals surface area (Å²) in [5.74, 6) is -0.200. The van der Waals surface area contributed by atoms with Crippen molar-refractivity contribution in [2.75, 3.05) is 18.4 Å². The third-order valence-corrected chi connectivity index (χ3v) is 6.81. The molecule has 4 aromatic rings. The van der Waals surface area contributed by atoms with Gasteiger partial charge in [-0.05, 0) is 51.5 Å². The molecule has 15 heteroatoms. The van der Waals surface area contributed by atoms with Gasteiger partial charge < -0.3 is 29.9 Å². The zero-order valence-electron chi connectivity index (χ0n) is 23.0. The van der Waals surface area contributed by atoms with Crippen LogP contribution >= 0.6 is 11.6 Å². The maximum absolute atomic E-state index is 13.3. The molecule has 1 unspecified atom stereocenters. The maximum Gasteiger partial charge on any atom is 0.410 e. The molecule has 1 aliphatic rings. The number of anilines is 1. The number of aliphatic hydroxyl groups excluding tert-OH is 2. The number of hydrogen-bond acceptors (Lipinski definition) is 9. The monoisotopic (exact) mass is 605 g/mol. The number of ether oxygens (including phenoxy) is 2. The van der Waals surface area contributed by atoms with Gasteiger partial charge in [0, 0.05) is 42.3 Å². The molecule has 12 nitrogen and oxygen atoms in total. The number of carbonyl (C=O) groups is 1. The SMILES string of the molecule is CC(C)(C)OC(=O)N1CC[C@H](O)[C@@H](n2cc(NC(O)c3cnn4cccnc34)c(-c3cc(Cl)ccc3OC(F)F)n2)C1. The zero-order chi connectivity index (χ0) is 30.2. The van der Waals surface area contributed by atoms with Crippen LogP contribution in [0.25, 0.3) is 16.9 Å². The fraction of sp³-hybridized carbons (Fsp3) is 0.407. The summed E-state index contributed by atoms with van der Waals surface area (Å²) in [5, 5.41) is 34.1. The van der Waals surface area contributed by atoms with Crippen LogP contribution in [0.4, 0.5) is 19.3 Å². The van der Waals surface area contributed by atoms with Gasteiger partial charge in [0.15, 0.2) is 11.9 Å². The van der Waals surface area contributed by atoms with E-state index in [2.05, 4.69) is 20.5 Å². The van der Waals surface area contributed by atoms with Crippen LogP contribution in [-0.2, 0) is 4.74 Å². The molecule has 1 aliphatic heterocycles. The second-order valence-electron chi connectivity index (χ2n) is 10.8. The van der Waals surface area contributed by atoms with Gasteiger partial charge in [-0.3, -0.25) is 4.68 Å². The first-order valence-electron chi connectivity index (χ1n) is 13.1. The lowest BCUT2D eigenvalue weighted by Gasteiger charge is -2.36. The first kappa shape index (κ1) is 29.5. The summed E-state index contributed by atoms with van der Waals surface area (Å²) in [6.45, 7) is 2.48. The zero-order valence-corrected chi connectivity index (χ0v) is 23.7. The molecule has 1 amide bonds. The van der Waals surface area contributed by atoms with Crippen molar-refractivity contribution in [3.8, 4) is 17.0 Å². The molecule has 0 bridgehead atoms. The molecule has 3 N–H and O–H groups in total. The Balaban J connectivity index is 1.54. The second kappa shape index (κ2) is 11.7. The van der Waals surface area contributed by atoms with Gasteiger partial charge in [0.1, 0.15) is 17.0 Å².